The van der Waals surface area contributed by atoms with Gasteiger partial charge in [0.2, 0.25) is 0 Å². The second-order valence-electron chi connectivity index (χ2n) is 4.72. The van der Waals surface area contributed by atoms with Crippen LogP contribution in [0.1, 0.15) is 35.7 Å². The van der Waals surface area contributed by atoms with Crippen LogP contribution in [0.5, 0.6) is 0 Å². The molecule has 1 aromatic carbocycles. The van der Waals surface area contributed by atoms with E-state index in [1.165, 1.54) is 18.3 Å². The minimum Gasteiger partial charge on any atom is -0.340 e. The highest BCUT2D eigenvalue weighted by Gasteiger charge is 2.09. The van der Waals surface area contributed by atoms with Crippen LogP contribution in [0.25, 0.3) is 0 Å². The molecule has 0 atom stereocenters. The van der Waals surface area contributed by atoms with Gasteiger partial charge < -0.3 is 5.32 Å². The van der Waals surface area contributed by atoms with Gasteiger partial charge in [-0.25, -0.2) is 9.37 Å². The molecule has 0 unspecified atom stereocenters. The van der Waals surface area contributed by atoms with E-state index in [0.29, 0.717) is 17.1 Å². The number of hydrogen-bond acceptors (Lipinski definition) is 3. The lowest BCUT2D eigenvalue weighted by atomic mass is 10.00. The van der Waals surface area contributed by atoms with Crippen molar-refractivity contribution in [3.05, 3.63) is 52.4 Å². The molecule has 20 heavy (non-hydrogen) atoms. The normalized spacial score (nSPS) is 10.7. The highest BCUT2D eigenvalue weighted by molar-refractivity contribution is 6.31. The van der Waals surface area contributed by atoms with Gasteiger partial charge in [-0.15, -0.1) is 0 Å². The second-order valence-corrected chi connectivity index (χ2v) is 5.13. The zero-order chi connectivity index (χ0) is 14.7. The van der Waals surface area contributed by atoms with Gasteiger partial charge in [0.25, 0.3) is 0 Å². The van der Waals surface area contributed by atoms with Crippen molar-refractivity contribution in [1.82, 2.24) is 4.98 Å². The molecule has 0 radical (unpaired) electrons. The first kappa shape index (κ1) is 14.5. The Morgan fingerprint density at radius 2 is 2.10 bits per heavy atom. The molecular weight excluding hydrogens is 279 g/mol. The molecular formula is C15H14ClFN2O. The molecule has 0 aliphatic heterocycles. The van der Waals surface area contributed by atoms with Crippen LogP contribution in [0, 0.1) is 5.82 Å². The van der Waals surface area contributed by atoms with Gasteiger partial charge in [0.1, 0.15) is 11.6 Å². The largest absolute Gasteiger partial charge is 0.340 e. The van der Waals surface area contributed by atoms with Gasteiger partial charge in [-0.05, 0) is 35.7 Å². The number of benzene rings is 1. The molecule has 0 spiro atoms. The maximum Gasteiger partial charge on any atom is 0.151 e. The van der Waals surface area contributed by atoms with E-state index in [4.69, 9.17) is 11.6 Å². The summed E-state index contributed by atoms with van der Waals surface area (Å²) >= 11 is 5.73. The van der Waals surface area contributed by atoms with E-state index >= 15 is 0 Å². The quantitative estimate of drug-likeness (QED) is 0.840. The zero-order valence-electron chi connectivity index (χ0n) is 11.2. The van der Waals surface area contributed by atoms with Gasteiger partial charge in [-0.1, -0.05) is 25.4 Å². The van der Waals surface area contributed by atoms with E-state index < -0.39 is 5.82 Å². The Morgan fingerprint density at radius 3 is 2.70 bits per heavy atom. The number of carbonyl (C=O) groups is 1. The summed E-state index contributed by atoms with van der Waals surface area (Å²) in [4.78, 5) is 15.1. The first-order valence-corrected chi connectivity index (χ1v) is 6.56. The molecule has 0 aliphatic carbocycles. The van der Waals surface area contributed by atoms with E-state index in [-0.39, 0.29) is 10.9 Å². The standard InChI is InChI=1S/C15H14ClFN2O/c1-9(2)12-6-15(18-7-10(12)8-20)19-11-3-4-14(17)13(16)5-11/h3-9H,1-2H3,(H,18,19). The molecule has 0 fully saturated rings. The van der Waals surface area contributed by atoms with Crippen LogP contribution in [0.3, 0.4) is 0 Å². The highest BCUT2D eigenvalue weighted by Crippen LogP contribution is 2.25. The van der Waals surface area contributed by atoms with Crippen molar-refractivity contribution in [2.75, 3.05) is 5.32 Å². The topological polar surface area (TPSA) is 42.0 Å². The van der Waals surface area contributed by atoms with Crippen molar-refractivity contribution in [2.24, 2.45) is 0 Å². The second kappa shape index (κ2) is 6.01. The Kier molecular flexibility index (Phi) is 4.35. The number of anilines is 2. The Balaban J connectivity index is 2.31. The number of aldehydes is 1. The van der Waals surface area contributed by atoms with Gasteiger partial charge in [0.05, 0.1) is 5.02 Å². The van der Waals surface area contributed by atoms with Crippen LogP contribution in [0.2, 0.25) is 5.02 Å². The molecule has 1 N–H and O–H groups in total. The molecule has 0 saturated heterocycles. The molecule has 0 amide bonds. The molecule has 0 bridgehead atoms. The smallest absolute Gasteiger partial charge is 0.151 e. The lowest BCUT2D eigenvalue weighted by molar-refractivity contribution is 0.112. The summed E-state index contributed by atoms with van der Waals surface area (Å²) in [6, 6.07) is 6.16. The number of rotatable bonds is 4. The Hall–Kier alpha value is -1.94. The number of aromatic nitrogens is 1. The first-order valence-electron chi connectivity index (χ1n) is 6.18. The van der Waals surface area contributed by atoms with Crippen LogP contribution >= 0.6 is 11.6 Å². The fourth-order valence-electron chi connectivity index (χ4n) is 1.87. The maximum absolute atomic E-state index is 13.1. The summed E-state index contributed by atoms with van der Waals surface area (Å²) < 4.78 is 13.1. The highest BCUT2D eigenvalue weighted by atomic mass is 35.5. The lowest BCUT2D eigenvalue weighted by Crippen LogP contribution is -2.01. The minimum atomic E-state index is -0.468. The average molecular weight is 293 g/mol. The third kappa shape index (κ3) is 3.14. The average Bonchev–Trinajstić information content (AvgIpc) is 2.43. The summed E-state index contributed by atoms with van der Waals surface area (Å²) in [7, 11) is 0. The van der Waals surface area contributed by atoms with Gasteiger partial charge in [-0.2, -0.15) is 0 Å². The third-order valence-corrected chi connectivity index (χ3v) is 3.20. The van der Waals surface area contributed by atoms with Crippen LogP contribution < -0.4 is 5.32 Å². The number of pyridine rings is 1. The van der Waals surface area contributed by atoms with E-state index in [2.05, 4.69) is 10.3 Å². The fourth-order valence-corrected chi connectivity index (χ4v) is 2.05. The van der Waals surface area contributed by atoms with E-state index in [0.717, 1.165) is 11.8 Å². The molecule has 1 heterocycles. The molecule has 3 nitrogen and oxygen atoms in total. The first-order chi connectivity index (χ1) is 9.51. The van der Waals surface area contributed by atoms with Crippen molar-refractivity contribution in [3.63, 3.8) is 0 Å². The number of hydrogen-bond donors (Lipinski definition) is 1. The Bertz CT molecular complexity index is 644. The molecule has 1 aromatic heterocycles. The van der Waals surface area contributed by atoms with Crippen LogP contribution in [-0.4, -0.2) is 11.3 Å². The Labute approximate surface area is 121 Å². The van der Waals surface area contributed by atoms with Crippen LogP contribution in [0.15, 0.2) is 30.5 Å². The van der Waals surface area contributed by atoms with Gasteiger partial charge >= 0.3 is 0 Å². The van der Waals surface area contributed by atoms with Crippen LogP contribution in [-0.2, 0) is 0 Å². The zero-order valence-corrected chi connectivity index (χ0v) is 11.9. The van der Waals surface area contributed by atoms with Gasteiger partial charge in [0, 0.05) is 17.4 Å². The molecule has 104 valence electrons. The predicted octanol–water partition coefficient (Wildman–Crippen LogP) is 4.55. The Morgan fingerprint density at radius 1 is 1.35 bits per heavy atom. The van der Waals surface area contributed by atoms with E-state index in [9.17, 15) is 9.18 Å². The van der Waals surface area contributed by atoms with Crippen molar-refractivity contribution in [3.8, 4) is 0 Å². The molecule has 5 heteroatoms. The fraction of sp³-hybridized carbons (Fsp3) is 0.200. The van der Waals surface area contributed by atoms with Crippen molar-refractivity contribution in [1.29, 1.82) is 0 Å². The summed E-state index contributed by atoms with van der Waals surface area (Å²) in [5.41, 5.74) is 2.12. The summed E-state index contributed by atoms with van der Waals surface area (Å²) in [5.74, 6) is 0.321. The van der Waals surface area contributed by atoms with Crippen molar-refractivity contribution in [2.45, 2.75) is 19.8 Å². The molecule has 2 rings (SSSR count). The van der Waals surface area contributed by atoms with Crippen molar-refractivity contribution >= 4 is 29.4 Å². The number of nitrogens with one attached hydrogen (secondary N) is 1. The lowest BCUT2D eigenvalue weighted by Gasteiger charge is -2.12. The molecule has 0 aliphatic rings. The SMILES string of the molecule is CC(C)c1cc(Nc2ccc(F)c(Cl)c2)ncc1C=O. The summed E-state index contributed by atoms with van der Waals surface area (Å²) in [6.07, 6.45) is 2.32. The van der Waals surface area contributed by atoms with Gasteiger partial charge in [0.15, 0.2) is 6.29 Å². The number of halogens is 2. The monoisotopic (exact) mass is 292 g/mol. The number of carbonyl (C=O) groups excluding carboxylic acids is 1. The van der Waals surface area contributed by atoms with Gasteiger partial charge in [-0.3, -0.25) is 4.79 Å². The predicted molar refractivity (Wildman–Crippen MR) is 78.4 cm³/mol. The molecule has 0 saturated carbocycles. The van der Waals surface area contributed by atoms with Crippen LogP contribution in [0.4, 0.5) is 15.9 Å². The number of nitrogens with zero attached hydrogens (tertiary/aromatic N) is 1. The maximum atomic E-state index is 13.1. The van der Waals surface area contributed by atoms with E-state index in [1.807, 2.05) is 19.9 Å². The van der Waals surface area contributed by atoms with Crippen molar-refractivity contribution < 1.29 is 9.18 Å². The molecule has 2 aromatic rings. The third-order valence-electron chi connectivity index (χ3n) is 2.91. The summed E-state index contributed by atoms with van der Waals surface area (Å²) in [6.45, 7) is 4.00. The summed E-state index contributed by atoms with van der Waals surface area (Å²) in [5, 5.41) is 3.09. The van der Waals surface area contributed by atoms with E-state index in [1.54, 1.807) is 6.07 Å². The minimum absolute atomic E-state index is 0.0450.